The van der Waals surface area contributed by atoms with Crippen LogP contribution in [0.25, 0.3) is 0 Å². The number of carbonyl (C=O) groups is 2. The molecule has 2 bridgehead atoms. The Bertz CT molecular complexity index is 1380. The van der Waals surface area contributed by atoms with Crippen LogP contribution in [0.15, 0.2) is 47.4 Å². The van der Waals surface area contributed by atoms with Crippen molar-refractivity contribution >= 4 is 38.9 Å². The van der Waals surface area contributed by atoms with Gasteiger partial charge in [-0.25, -0.2) is 21.6 Å². The molecule has 1 unspecified atom stereocenters. The van der Waals surface area contributed by atoms with Gasteiger partial charge in [0.1, 0.15) is 0 Å². The zero-order chi connectivity index (χ0) is 27.8. The van der Waals surface area contributed by atoms with Crippen molar-refractivity contribution in [3.63, 3.8) is 0 Å². The molecule has 2 aliphatic rings. The highest BCUT2D eigenvalue weighted by Crippen LogP contribution is 2.52. The summed E-state index contributed by atoms with van der Waals surface area (Å²) < 4.78 is 67.5. The van der Waals surface area contributed by atoms with E-state index in [0.717, 1.165) is 6.07 Å². The molecule has 12 heteroatoms. The van der Waals surface area contributed by atoms with Crippen molar-refractivity contribution in [2.75, 3.05) is 11.9 Å². The minimum atomic E-state index is -4.05. The molecule has 2 fully saturated rings. The van der Waals surface area contributed by atoms with Gasteiger partial charge in [0.15, 0.2) is 27.3 Å². The van der Waals surface area contributed by atoms with Crippen LogP contribution in [-0.2, 0) is 14.6 Å². The summed E-state index contributed by atoms with van der Waals surface area (Å²) in [5.41, 5.74) is -1.72. The van der Waals surface area contributed by atoms with Crippen molar-refractivity contribution in [1.29, 1.82) is 0 Å². The monoisotopic (exact) mass is 570 g/mol. The molecule has 0 spiro atoms. The smallest absolute Gasteiger partial charge is 0.255 e. The Morgan fingerprint density at radius 2 is 1.71 bits per heavy atom. The van der Waals surface area contributed by atoms with Gasteiger partial charge in [0.25, 0.3) is 5.91 Å². The number of carbonyl (C=O) groups excluding carboxylic acids is 2. The van der Waals surface area contributed by atoms with E-state index in [0.29, 0.717) is 25.0 Å². The van der Waals surface area contributed by atoms with Gasteiger partial charge in [-0.05, 0) is 68.7 Å². The van der Waals surface area contributed by atoms with Gasteiger partial charge in [-0.3, -0.25) is 9.59 Å². The van der Waals surface area contributed by atoms with E-state index in [1.807, 2.05) is 0 Å². The lowest BCUT2D eigenvalue weighted by Gasteiger charge is -2.42. The summed E-state index contributed by atoms with van der Waals surface area (Å²) in [7, 11) is -4.05. The average Bonchev–Trinajstić information content (AvgIpc) is 3.02. The Morgan fingerprint density at radius 3 is 2.29 bits per heavy atom. The number of benzene rings is 2. The maximum Gasteiger partial charge on any atom is 0.255 e. The topological polar surface area (TPSA) is 113 Å². The summed E-state index contributed by atoms with van der Waals surface area (Å²) in [6.45, 7) is 1.71. The molecule has 0 aromatic heterocycles. The molecule has 2 amide bonds. The van der Waals surface area contributed by atoms with Gasteiger partial charge >= 0.3 is 0 Å². The van der Waals surface area contributed by atoms with Gasteiger partial charge in [-0.1, -0.05) is 17.7 Å². The van der Waals surface area contributed by atoms with Crippen molar-refractivity contribution in [3.8, 4) is 0 Å². The number of amides is 2. The van der Waals surface area contributed by atoms with Crippen LogP contribution < -0.4 is 10.6 Å². The number of hydrogen-bond donors (Lipinski definition) is 3. The quantitative estimate of drug-likeness (QED) is 0.337. The van der Waals surface area contributed by atoms with E-state index in [4.69, 9.17) is 11.6 Å². The molecular weight excluding hydrogens is 545 g/mol. The molecular formula is C26H26ClF3N2O5S. The Labute approximate surface area is 223 Å². The second kappa shape index (κ2) is 10.7. The van der Waals surface area contributed by atoms with E-state index < -0.39 is 44.0 Å². The number of hydrogen-bond acceptors (Lipinski definition) is 5. The van der Waals surface area contributed by atoms with Crippen molar-refractivity contribution < 1.29 is 36.3 Å². The van der Waals surface area contributed by atoms with Gasteiger partial charge in [0.05, 0.1) is 20.8 Å². The van der Waals surface area contributed by atoms with Crippen LogP contribution in [0.1, 0.15) is 43.0 Å². The predicted molar refractivity (Wildman–Crippen MR) is 135 cm³/mol. The molecule has 3 N–H and O–H groups in total. The number of halogens is 4. The highest BCUT2D eigenvalue weighted by Gasteiger charge is 2.55. The molecule has 0 saturated heterocycles. The first-order valence-corrected chi connectivity index (χ1v) is 13.9. The highest BCUT2D eigenvalue weighted by atomic mass is 35.5. The SMILES string of the molecule is C/C=C/C(=O)NC[C@@]1(O)C2CC[C@H]1C[C@H](S(=O)(=O)c1cc(C(=O)Nc3cc(F)c(F)c(F)c3)ccc1Cl)C2. The second-order valence-electron chi connectivity index (χ2n) is 9.67. The number of anilines is 1. The zero-order valence-corrected chi connectivity index (χ0v) is 21.9. The van der Waals surface area contributed by atoms with Crippen LogP contribution >= 0.6 is 11.6 Å². The number of rotatable bonds is 7. The number of nitrogens with one attached hydrogen (secondary N) is 2. The molecule has 2 aromatic carbocycles. The van der Waals surface area contributed by atoms with Crippen molar-refractivity contribution in [2.45, 2.75) is 48.4 Å². The van der Waals surface area contributed by atoms with E-state index in [9.17, 15) is 36.3 Å². The summed E-state index contributed by atoms with van der Waals surface area (Å²) in [6, 6.07) is 4.78. The van der Waals surface area contributed by atoms with Gasteiger partial charge in [0.2, 0.25) is 5.91 Å². The summed E-state index contributed by atoms with van der Waals surface area (Å²) in [5, 5.41) is 15.2. The molecule has 4 atom stereocenters. The Hall–Kier alpha value is -2.89. The molecule has 2 aliphatic carbocycles. The number of aliphatic hydroxyl groups is 1. The fourth-order valence-electron chi connectivity index (χ4n) is 5.46. The van der Waals surface area contributed by atoms with Crippen molar-refractivity contribution in [3.05, 3.63) is 70.5 Å². The first-order chi connectivity index (χ1) is 17.9. The fraction of sp³-hybridized carbons (Fsp3) is 0.385. The second-order valence-corrected chi connectivity index (χ2v) is 12.3. The summed E-state index contributed by atoms with van der Waals surface area (Å²) in [5.74, 6) is -6.61. The number of sulfone groups is 1. The predicted octanol–water partition coefficient (Wildman–Crippen LogP) is 4.40. The van der Waals surface area contributed by atoms with E-state index in [2.05, 4.69) is 10.6 Å². The molecule has 38 heavy (non-hydrogen) atoms. The lowest BCUT2D eigenvalue weighted by Crippen LogP contribution is -2.54. The van der Waals surface area contributed by atoms with E-state index >= 15 is 0 Å². The third-order valence-electron chi connectivity index (χ3n) is 7.42. The van der Waals surface area contributed by atoms with E-state index in [-0.39, 0.29) is 58.3 Å². The van der Waals surface area contributed by atoms with Crippen LogP contribution in [0, 0.1) is 29.3 Å². The van der Waals surface area contributed by atoms with Crippen LogP contribution in [0.5, 0.6) is 0 Å². The molecule has 204 valence electrons. The first kappa shape index (κ1) is 28.1. The van der Waals surface area contributed by atoms with Crippen LogP contribution in [0.2, 0.25) is 5.02 Å². The van der Waals surface area contributed by atoms with Gasteiger partial charge in [-0.2, -0.15) is 0 Å². The molecule has 7 nitrogen and oxygen atoms in total. The summed E-state index contributed by atoms with van der Waals surface area (Å²) in [6.07, 6.45) is 4.42. The highest BCUT2D eigenvalue weighted by molar-refractivity contribution is 7.92. The largest absolute Gasteiger partial charge is 0.387 e. The maximum absolute atomic E-state index is 13.6. The normalized spacial score (nSPS) is 24.9. The lowest BCUT2D eigenvalue weighted by atomic mass is 9.74. The Kier molecular flexibility index (Phi) is 7.92. The first-order valence-electron chi connectivity index (χ1n) is 12.0. The van der Waals surface area contributed by atoms with Gasteiger partial charge in [0, 0.05) is 29.9 Å². The molecule has 0 heterocycles. The van der Waals surface area contributed by atoms with Crippen LogP contribution in [0.4, 0.5) is 18.9 Å². The summed E-state index contributed by atoms with van der Waals surface area (Å²) >= 11 is 6.23. The van der Waals surface area contributed by atoms with E-state index in [1.165, 1.54) is 18.2 Å². The van der Waals surface area contributed by atoms with Crippen molar-refractivity contribution in [1.82, 2.24) is 5.32 Å². The number of fused-ring (bicyclic) bond motifs is 2. The minimum Gasteiger partial charge on any atom is -0.387 e. The lowest BCUT2D eigenvalue weighted by molar-refractivity contribution is -0.119. The fourth-order valence-corrected chi connectivity index (χ4v) is 7.87. The molecule has 0 aliphatic heterocycles. The maximum atomic E-state index is 13.6. The Balaban J connectivity index is 1.54. The average molecular weight is 571 g/mol. The third-order valence-corrected chi connectivity index (χ3v) is 10.1. The molecule has 2 aromatic rings. The summed E-state index contributed by atoms with van der Waals surface area (Å²) in [4.78, 5) is 24.3. The van der Waals surface area contributed by atoms with Crippen LogP contribution in [-0.4, -0.2) is 42.7 Å². The minimum absolute atomic E-state index is 0.0132. The Morgan fingerprint density at radius 1 is 1.11 bits per heavy atom. The van der Waals surface area contributed by atoms with Gasteiger partial charge < -0.3 is 15.7 Å². The van der Waals surface area contributed by atoms with Crippen LogP contribution in [0.3, 0.4) is 0 Å². The standard InChI is InChI=1S/C26H26ClF3N2O5S/c1-2-3-23(33)31-13-26(35)15-5-6-16(26)10-18(9-15)38(36,37)22-8-14(4-7-19(22)27)25(34)32-17-11-20(28)24(30)21(29)12-17/h2-4,7-8,11-12,15-16,18,35H,5-6,9-10,13H2,1H3,(H,31,33)(H,32,34)/b3-2+/t15-,16?,18-,26-/m0/s1. The van der Waals surface area contributed by atoms with Gasteiger partial charge in [-0.15, -0.1) is 0 Å². The third kappa shape index (κ3) is 5.32. The molecule has 2 saturated carbocycles. The number of allylic oxidation sites excluding steroid dienone is 1. The molecule has 0 radical (unpaired) electrons. The molecule has 4 rings (SSSR count). The van der Waals surface area contributed by atoms with Crippen molar-refractivity contribution in [2.24, 2.45) is 11.8 Å². The zero-order valence-electron chi connectivity index (χ0n) is 20.3. The van der Waals surface area contributed by atoms with E-state index in [1.54, 1.807) is 13.0 Å².